The summed E-state index contributed by atoms with van der Waals surface area (Å²) in [7, 11) is 3.99. The fraction of sp³-hybridized carbons (Fsp3) is 0.312. The Balaban J connectivity index is 2.13. The second kappa shape index (κ2) is 7.43. The smallest absolute Gasteiger partial charge is 0.289 e. The number of benzene rings is 1. The van der Waals surface area contributed by atoms with E-state index in [4.69, 9.17) is 4.42 Å². The van der Waals surface area contributed by atoms with Gasteiger partial charge in [-0.2, -0.15) is 0 Å². The first-order chi connectivity index (χ1) is 10.1. The van der Waals surface area contributed by atoms with E-state index in [0.717, 1.165) is 12.1 Å². The Morgan fingerprint density at radius 2 is 1.81 bits per heavy atom. The molecule has 2 aromatic rings. The van der Waals surface area contributed by atoms with Crippen molar-refractivity contribution in [2.24, 2.45) is 0 Å². The molecule has 4 nitrogen and oxygen atoms in total. The molecular weight excluding hydrogens is 332 g/mol. The molecule has 0 atom stereocenters. The van der Waals surface area contributed by atoms with E-state index in [1.807, 2.05) is 44.4 Å². The van der Waals surface area contributed by atoms with Crippen molar-refractivity contribution in [1.29, 1.82) is 0 Å². The molecule has 5 heteroatoms. The molecule has 0 saturated heterocycles. The maximum atomic E-state index is 12.6. The quantitative estimate of drug-likeness (QED) is 0.802. The van der Waals surface area contributed by atoms with Crippen LogP contribution in [0.2, 0.25) is 0 Å². The largest absolute Gasteiger partial charge is 0.444 e. The molecule has 0 radical (unpaired) electrons. The van der Waals surface area contributed by atoms with Crippen molar-refractivity contribution in [2.45, 2.75) is 6.54 Å². The first kappa shape index (κ1) is 15.8. The normalized spacial score (nSPS) is 10.9. The van der Waals surface area contributed by atoms with Crippen molar-refractivity contribution in [3.8, 4) is 0 Å². The lowest BCUT2D eigenvalue weighted by molar-refractivity contribution is 0.0698. The Kier molecular flexibility index (Phi) is 5.59. The molecule has 1 amide bonds. The third-order valence-electron chi connectivity index (χ3n) is 3.10. The number of rotatable bonds is 6. The lowest BCUT2D eigenvalue weighted by atomic mass is 10.2. The van der Waals surface area contributed by atoms with Gasteiger partial charge in [0.15, 0.2) is 10.4 Å². The third kappa shape index (κ3) is 4.72. The number of carbonyl (C=O) groups is 1. The minimum atomic E-state index is -0.0913. The van der Waals surface area contributed by atoms with Crippen molar-refractivity contribution < 1.29 is 9.21 Å². The SMILES string of the molecule is CN(C)CCN(Cc1ccccc1)C(=O)c1ccc(Br)o1. The predicted molar refractivity (Wildman–Crippen MR) is 86.1 cm³/mol. The van der Waals surface area contributed by atoms with E-state index in [2.05, 4.69) is 20.8 Å². The van der Waals surface area contributed by atoms with Crippen molar-refractivity contribution in [3.63, 3.8) is 0 Å². The first-order valence-electron chi connectivity index (χ1n) is 6.79. The molecule has 0 unspecified atom stereocenters. The fourth-order valence-electron chi connectivity index (χ4n) is 1.96. The molecule has 0 spiro atoms. The molecule has 1 aromatic heterocycles. The monoisotopic (exact) mass is 350 g/mol. The van der Waals surface area contributed by atoms with Gasteiger partial charge in [0.1, 0.15) is 0 Å². The zero-order valence-electron chi connectivity index (χ0n) is 12.3. The third-order valence-corrected chi connectivity index (χ3v) is 3.53. The van der Waals surface area contributed by atoms with E-state index >= 15 is 0 Å². The summed E-state index contributed by atoms with van der Waals surface area (Å²) in [4.78, 5) is 16.4. The molecule has 0 aliphatic carbocycles. The van der Waals surface area contributed by atoms with E-state index in [9.17, 15) is 4.79 Å². The van der Waals surface area contributed by atoms with Crippen LogP contribution in [0.4, 0.5) is 0 Å². The van der Waals surface area contributed by atoms with Crippen LogP contribution in [0.15, 0.2) is 51.6 Å². The molecule has 1 aromatic carbocycles. The molecular formula is C16H19BrN2O2. The summed E-state index contributed by atoms with van der Waals surface area (Å²) in [6.45, 7) is 2.03. The Morgan fingerprint density at radius 1 is 1.10 bits per heavy atom. The van der Waals surface area contributed by atoms with Gasteiger partial charge < -0.3 is 14.2 Å². The van der Waals surface area contributed by atoms with Crippen molar-refractivity contribution in [2.75, 3.05) is 27.2 Å². The highest BCUT2D eigenvalue weighted by atomic mass is 79.9. The summed E-state index contributed by atoms with van der Waals surface area (Å²) in [6, 6.07) is 13.4. The summed E-state index contributed by atoms with van der Waals surface area (Å²) in [5, 5.41) is 0. The van der Waals surface area contributed by atoms with Gasteiger partial charge in [0.05, 0.1) is 0 Å². The van der Waals surface area contributed by atoms with Gasteiger partial charge in [-0.1, -0.05) is 30.3 Å². The summed E-state index contributed by atoms with van der Waals surface area (Å²) in [5.74, 6) is 0.267. The van der Waals surface area contributed by atoms with E-state index in [1.165, 1.54) is 0 Å². The minimum absolute atomic E-state index is 0.0913. The highest BCUT2D eigenvalue weighted by Crippen LogP contribution is 2.17. The van der Waals surface area contributed by atoms with Crippen LogP contribution < -0.4 is 0 Å². The highest BCUT2D eigenvalue weighted by molar-refractivity contribution is 9.10. The second-order valence-electron chi connectivity index (χ2n) is 5.12. The second-order valence-corrected chi connectivity index (χ2v) is 5.90. The van der Waals surface area contributed by atoms with Crippen LogP contribution in [-0.4, -0.2) is 42.9 Å². The summed E-state index contributed by atoms with van der Waals surface area (Å²) in [6.07, 6.45) is 0. The molecule has 0 bridgehead atoms. The Hall–Kier alpha value is -1.59. The van der Waals surface area contributed by atoms with Crippen LogP contribution in [0.1, 0.15) is 16.1 Å². The van der Waals surface area contributed by atoms with Gasteiger partial charge in [0.25, 0.3) is 5.91 Å². The summed E-state index contributed by atoms with van der Waals surface area (Å²) in [5.41, 5.74) is 1.11. The van der Waals surface area contributed by atoms with Crippen LogP contribution in [-0.2, 0) is 6.54 Å². The standard InChI is InChI=1S/C16H19BrN2O2/c1-18(2)10-11-19(12-13-6-4-3-5-7-13)16(20)14-8-9-15(17)21-14/h3-9H,10-12H2,1-2H3. The fourth-order valence-corrected chi connectivity index (χ4v) is 2.27. The number of nitrogens with zero attached hydrogens (tertiary/aromatic N) is 2. The van der Waals surface area contributed by atoms with E-state index < -0.39 is 0 Å². The number of hydrogen-bond donors (Lipinski definition) is 0. The van der Waals surface area contributed by atoms with Crippen LogP contribution in [0, 0.1) is 0 Å². The Morgan fingerprint density at radius 3 is 2.38 bits per heavy atom. The van der Waals surface area contributed by atoms with E-state index in [0.29, 0.717) is 23.5 Å². The van der Waals surface area contributed by atoms with Gasteiger partial charge in [-0.05, 0) is 47.7 Å². The van der Waals surface area contributed by atoms with Crippen molar-refractivity contribution in [3.05, 3.63) is 58.5 Å². The summed E-state index contributed by atoms with van der Waals surface area (Å²) >= 11 is 3.23. The molecule has 1 heterocycles. The molecule has 0 saturated carbocycles. The van der Waals surface area contributed by atoms with E-state index in [1.54, 1.807) is 17.0 Å². The van der Waals surface area contributed by atoms with Crippen LogP contribution in [0.3, 0.4) is 0 Å². The zero-order valence-corrected chi connectivity index (χ0v) is 13.8. The number of furan rings is 1. The molecule has 0 fully saturated rings. The van der Waals surface area contributed by atoms with Crippen LogP contribution in [0.5, 0.6) is 0 Å². The number of likely N-dealkylation sites (N-methyl/N-ethyl adjacent to an activating group) is 1. The van der Waals surface area contributed by atoms with Gasteiger partial charge in [-0.3, -0.25) is 4.79 Å². The average molecular weight is 351 g/mol. The zero-order chi connectivity index (χ0) is 15.2. The number of halogens is 1. The topological polar surface area (TPSA) is 36.7 Å². The first-order valence-corrected chi connectivity index (χ1v) is 7.59. The van der Waals surface area contributed by atoms with Crippen molar-refractivity contribution >= 4 is 21.8 Å². The molecule has 21 heavy (non-hydrogen) atoms. The minimum Gasteiger partial charge on any atom is -0.444 e. The van der Waals surface area contributed by atoms with Crippen LogP contribution in [0.25, 0.3) is 0 Å². The van der Waals surface area contributed by atoms with Gasteiger partial charge >= 0.3 is 0 Å². The lowest BCUT2D eigenvalue weighted by Gasteiger charge is -2.23. The summed E-state index contributed by atoms with van der Waals surface area (Å²) < 4.78 is 5.95. The lowest BCUT2D eigenvalue weighted by Crippen LogP contribution is -2.36. The molecule has 0 N–H and O–H groups in total. The Labute approximate surface area is 133 Å². The maximum Gasteiger partial charge on any atom is 0.289 e. The number of carbonyl (C=O) groups excluding carboxylic acids is 1. The molecule has 0 aliphatic rings. The molecule has 112 valence electrons. The van der Waals surface area contributed by atoms with Gasteiger partial charge in [-0.25, -0.2) is 0 Å². The maximum absolute atomic E-state index is 12.6. The van der Waals surface area contributed by atoms with Crippen LogP contribution >= 0.6 is 15.9 Å². The van der Waals surface area contributed by atoms with Gasteiger partial charge in [0.2, 0.25) is 0 Å². The molecule has 2 rings (SSSR count). The van der Waals surface area contributed by atoms with Gasteiger partial charge in [0, 0.05) is 19.6 Å². The number of hydrogen-bond acceptors (Lipinski definition) is 3. The Bertz CT molecular complexity index is 581. The number of amides is 1. The average Bonchev–Trinajstić information content (AvgIpc) is 2.90. The van der Waals surface area contributed by atoms with Gasteiger partial charge in [-0.15, -0.1) is 0 Å². The van der Waals surface area contributed by atoms with E-state index in [-0.39, 0.29) is 5.91 Å². The highest BCUT2D eigenvalue weighted by Gasteiger charge is 2.19. The van der Waals surface area contributed by atoms with Crippen molar-refractivity contribution in [1.82, 2.24) is 9.80 Å². The predicted octanol–water partition coefficient (Wildman–Crippen LogP) is 3.25. The molecule has 0 aliphatic heterocycles.